The fourth-order valence-electron chi connectivity index (χ4n) is 6.76. The first-order chi connectivity index (χ1) is 26.6. The quantitative estimate of drug-likeness (QED) is 0.0884. The van der Waals surface area contributed by atoms with E-state index in [-0.39, 0.29) is 48.9 Å². The molecule has 16 nitrogen and oxygen atoms in total. The van der Waals surface area contributed by atoms with Gasteiger partial charge in [0.25, 0.3) is 5.91 Å². The van der Waals surface area contributed by atoms with Gasteiger partial charge in [-0.1, -0.05) is 12.1 Å². The van der Waals surface area contributed by atoms with Gasteiger partial charge in [0.05, 0.1) is 42.7 Å². The Balaban J connectivity index is 0.906. The average Bonchev–Trinajstić information content (AvgIpc) is 3.85. The Morgan fingerprint density at radius 2 is 1.85 bits per heavy atom. The van der Waals surface area contributed by atoms with Gasteiger partial charge in [-0.05, 0) is 74.2 Å². The zero-order chi connectivity index (χ0) is 38.6. The third-order valence-electron chi connectivity index (χ3n) is 9.92. The van der Waals surface area contributed by atoms with Gasteiger partial charge in [-0.15, -0.1) is 0 Å². The lowest BCUT2D eigenvalue weighted by Gasteiger charge is -2.47. The number of sulfonamides is 1. The minimum atomic E-state index is -3.38. The molecule has 2 aliphatic rings. The van der Waals surface area contributed by atoms with E-state index in [1.807, 2.05) is 30.3 Å². The summed E-state index contributed by atoms with van der Waals surface area (Å²) in [7, 11) is -3.38. The standard InChI is InChI=1S/C38H40N10O6S/c1-2-55(52,53)47-23-38(24-47,16-17-39)48-22-27(21-42-48)33-31-15-19-40-34(31)46-37(45-33)43-28-9-5-26(6-10-28)35(50)41-18-3-4-20-54-29-11-7-25(8-12-29)30-13-14-32(49)44-36(30)51/h5-12,15,19,21-22,30H,2-4,13-14,16,18,20,23-24H2,1H3,(H,41,50)(H,44,49,51)(H2,40,43,45,46). The number of nitrogens with one attached hydrogen (secondary N) is 4. The molecule has 3 aromatic heterocycles. The summed E-state index contributed by atoms with van der Waals surface area (Å²) >= 11 is 0. The van der Waals surface area contributed by atoms with Crippen LogP contribution in [0.15, 0.2) is 73.2 Å². The maximum atomic E-state index is 12.8. The molecule has 5 aromatic rings. The van der Waals surface area contributed by atoms with Gasteiger partial charge in [0, 0.05) is 60.6 Å². The molecule has 55 heavy (non-hydrogen) atoms. The van der Waals surface area contributed by atoms with Crippen molar-refractivity contribution in [3.05, 3.63) is 84.3 Å². The van der Waals surface area contributed by atoms with E-state index in [1.54, 1.807) is 54.5 Å². The second-order valence-corrected chi connectivity index (χ2v) is 15.9. The number of aromatic nitrogens is 5. The predicted molar refractivity (Wildman–Crippen MR) is 203 cm³/mol. The summed E-state index contributed by atoms with van der Waals surface area (Å²) in [6, 6.07) is 18.4. The number of nitrogens with zero attached hydrogens (tertiary/aromatic N) is 6. The average molecular weight is 765 g/mol. The highest BCUT2D eigenvalue weighted by molar-refractivity contribution is 7.89. The van der Waals surface area contributed by atoms with Gasteiger partial charge in [-0.25, -0.2) is 13.4 Å². The Kier molecular flexibility index (Phi) is 10.6. The molecule has 0 bridgehead atoms. The molecule has 2 aromatic carbocycles. The molecular formula is C38H40N10O6S. The second kappa shape index (κ2) is 15.7. The Bertz CT molecular complexity index is 2360. The van der Waals surface area contributed by atoms with E-state index in [0.29, 0.717) is 65.8 Å². The highest BCUT2D eigenvalue weighted by Crippen LogP contribution is 2.36. The molecule has 3 amide bonds. The fourth-order valence-corrected chi connectivity index (χ4v) is 8.00. The second-order valence-electron chi connectivity index (χ2n) is 13.6. The lowest BCUT2D eigenvalue weighted by Crippen LogP contribution is -2.64. The predicted octanol–water partition coefficient (Wildman–Crippen LogP) is 3.95. The zero-order valence-corrected chi connectivity index (χ0v) is 30.9. The van der Waals surface area contributed by atoms with Crippen LogP contribution in [0.2, 0.25) is 0 Å². The minimum absolute atomic E-state index is 0.00813. The number of unbranched alkanes of at least 4 members (excludes halogenated alkanes) is 1. The molecule has 2 aliphatic heterocycles. The topological polar surface area (TPSA) is 217 Å². The van der Waals surface area contributed by atoms with Gasteiger partial charge in [-0.3, -0.25) is 24.4 Å². The third kappa shape index (κ3) is 8.05. The Morgan fingerprint density at radius 1 is 1.07 bits per heavy atom. The number of hydrogen-bond donors (Lipinski definition) is 4. The number of rotatable bonds is 15. The third-order valence-corrected chi connectivity index (χ3v) is 11.7. The number of imide groups is 1. The maximum absolute atomic E-state index is 12.8. The molecule has 0 radical (unpaired) electrons. The molecule has 0 saturated carbocycles. The number of hydrogen-bond acceptors (Lipinski definition) is 11. The summed E-state index contributed by atoms with van der Waals surface area (Å²) in [6.45, 7) is 2.89. The van der Waals surface area contributed by atoms with Crippen molar-refractivity contribution in [1.29, 1.82) is 5.26 Å². The number of nitriles is 1. The smallest absolute Gasteiger partial charge is 0.251 e. The molecular weight excluding hydrogens is 725 g/mol. The first kappa shape index (κ1) is 37.2. The fraction of sp³-hybridized carbons (Fsp3) is 0.342. The molecule has 5 heterocycles. The van der Waals surface area contributed by atoms with Crippen molar-refractivity contribution in [2.24, 2.45) is 0 Å². The van der Waals surface area contributed by atoms with Crippen molar-refractivity contribution < 1.29 is 27.5 Å². The van der Waals surface area contributed by atoms with E-state index in [0.717, 1.165) is 23.8 Å². The monoisotopic (exact) mass is 764 g/mol. The lowest BCUT2D eigenvalue weighted by atomic mass is 9.89. The van der Waals surface area contributed by atoms with Crippen LogP contribution >= 0.6 is 0 Å². The van der Waals surface area contributed by atoms with Crippen LogP contribution in [0.4, 0.5) is 11.6 Å². The number of piperidine rings is 1. The summed E-state index contributed by atoms with van der Waals surface area (Å²) in [5, 5.41) is 23.4. The van der Waals surface area contributed by atoms with Gasteiger partial charge >= 0.3 is 0 Å². The van der Waals surface area contributed by atoms with E-state index in [1.165, 1.54) is 4.31 Å². The molecule has 2 saturated heterocycles. The maximum Gasteiger partial charge on any atom is 0.251 e. The normalized spacial score (nSPS) is 16.9. The van der Waals surface area contributed by atoms with Crippen LogP contribution in [-0.2, 0) is 25.2 Å². The van der Waals surface area contributed by atoms with Crippen LogP contribution in [0, 0.1) is 11.3 Å². The van der Waals surface area contributed by atoms with Gasteiger partial charge in [0.15, 0.2) is 0 Å². The molecule has 284 valence electrons. The highest BCUT2D eigenvalue weighted by Gasteiger charge is 2.49. The molecule has 1 atom stereocenters. The van der Waals surface area contributed by atoms with E-state index in [4.69, 9.17) is 9.72 Å². The van der Waals surface area contributed by atoms with Crippen LogP contribution in [0.5, 0.6) is 5.75 Å². The molecule has 4 N–H and O–H groups in total. The van der Waals surface area contributed by atoms with Crippen molar-refractivity contribution in [3.63, 3.8) is 0 Å². The van der Waals surface area contributed by atoms with Crippen LogP contribution in [0.1, 0.15) is 60.9 Å². The summed E-state index contributed by atoms with van der Waals surface area (Å²) in [4.78, 5) is 48.9. The van der Waals surface area contributed by atoms with Gasteiger partial charge in [0.1, 0.15) is 16.9 Å². The van der Waals surface area contributed by atoms with Crippen LogP contribution < -0.4 is 20.7 Å². The van der Waals surface area contributed by atoms with Crippen LogP contribution in [0.25, 0.3) is 22.3 Å². The Labute approximate surface area is 317 Å². The molecule has 1 unspecified atom stereocenters. The Morgan fingerprint density at radius 3 is 2.58 bits per heavy atom. The number of fused-ring (bicyclic) bond motifs is 1. The summed E-state index contributed by atoms with van der Waals surface area (Å²) in [5.74, 6) is -0.0337. The van der Waals surface area contributed by atoms with E-state index in [2.05, 4.69) is 37.1 Å². The number of carbonyl (C=O) groups excluding carboxylic acids is 3. The number of amides is 3. The highest BCUT2D eigenvalue weighted by atomic mass is 32.2. The molecule has 2 fully saturated rings. The van der Waals surface area contributed by atoms with Crippen molar-refractivity contribution in [3.8, 4) is 23.1 Å². The number of anilines is 2. The van der Waals surface area contributed by atoms with Crippen molar-refractivity contribution in [2.75, 3.05) is 37.3 Å². The Hall–Kier alpha value is -6.12. The number of ether oxygens (including phenoxy) is 1. The number of benzene rings is 2. The van der Waals surface area contributed by atoms with Gasteiger partial charge in [-0.2, -0.15) is 19.6 Å². The first-order valence-corrected chi connectivity index (χ1v) is 19.7. The van der Waals surface area contributed by atoms with Crippen LogP contribution in [0.3, 0.4) is 0 Å². The summed E-state index contributed by atoms with van der Waals surface area (Å²) in [5.41, 5.74) is 3.14. The van der Waals surface area contributed by atoms with Crippen molar-refractivity contribution >= 4 is 50.4 Å². The van der Waals surface area contributed by atoms with Crippen LogP contribution in [-0.4, -0.2) is 87.2 Å². The summed E-state index contributed by atoms with van der Waals surface area (Å²) in [6.07, 6.45) is 7.60. The SMILES string of the molecule is CCS(=O)(=O)N1CC(CC#N)(n2cc(-c3nc(Nc4ccc(C(=O)NCCCCOc5ccc(C6CCC(=O)NC6=O)cc5)cc4)nc4[nH]ccc34)cn2)C1. The largest absolute Gasteiger partial charge is 0.494 e. The first-order valence-electron chi connectivity index (χ1n) is 18.0. The molecule has 17 heteroatoms. The van der Waals surface area contributed by atoms with Gasteiger partial charge < -0.3 is 20.4 Å². The van der Waals surface area contributed by atoms with E-state index < -0.39 is 15.6 Å². The zero-order valence-electron chi connectivity index (χ0n) is 30.1. The van der Waals surface area contributed by atoms with Crippen molar-refractivity contribution in [1.82, 2.24) is 39.7 Å². The number of carbonyl (C=O) groups is 3. The molecule has 0 spiro atoms. The number of H-pyrrole nitrogens is 1. The minimum Gasteiger partial charge on any atom is -0.494 e. The molecule has 0 aliphatic carbocycles. The lowest BCUT2D eigenvalue weighted by molar-refractivity contribution is -0.134. The van der Waals surface area contributed by atoms with E-state index in [9.17, 15) is 28.1 Å². The van der Waals surface area contributed by atoms with E-state index >= 15 is 0 Å². The number of aromatic amines is 1. The van der Waals surface area contributed by atoms with Gasteiger partial charge in [0.2, 0.25) is 27.8 Å². The molecule has 7 rings (SSSR count). The summed E-state index contributed by atoms with van der Waals surface area (Å²) < 4.78 is 33.7. The van der Waals surface area contributed by atoms with Crippen molar-refractivity contribution in [2.45, 2.75) is 50.5 Å².